The highest BCUT2D eigenvalue weighted by Gasteiger charge is 2.27. The summed E-state index contributed by atoms with van der Waals surface area (Å²) >= 11 is 0. The maximum atomic E-state index is 13.0. The van der Waals surface area contributed by atoms with Crippen LogP contribution in [0.25, 0.3) is 5.57 Å². The van der Waals surface area contributed by atoms with E-state index in [2.05, 4.69) is 45.0 Å². The molecule has 1 saturated carbocycles. The van der Waals surface area contributed by atoms with Gasteiger partial charge in [-0.05, 0) is 61.6 Å². The van der Waals surface area contributed by atoms with Crippen LogP contribution >= 0.6 is 0 Å². The molecule has 3 rings (SSSR count). The lowest BCUT2D eigenvalue weighted by molar-refractivity contribution is -0.124. The monoisotopic (exact) mass is 380 g/mol. The van der Waals surface area contributed by atoms with Crippen molar-refractivity contribution in [3.8, 4) is 0 Å². The van der Waals surface area contributed by atoms with Gasteiger partial charge in [-0.3, -0.25) is 9.79 Å². The number of rotatable bonds is 6. The van der Waals surface area contributed by atoms with Gasteiger partial charge in [-0.15, -0.1) is 0 Å². The van der Waals surface area contributed by atoms with Gasteiger partial charge >= 0.3 is 0 Å². The number of carbonyl (C=O) groups is 1. The summed E-state index contributed by atoms with van der Waals surface area (Å²) in [5.41, 5.74) is 4.52. The van der Waals surface area contributed by atoms with Gasteiger partial charge in [-0.25, -0.2) is 0 Å². The van der Waals surface area contributed by atoms with Crippen molar-refractivity contribution in [1.82, 2.24) is 4.90 Å². The van der Waals surface area contributed by atoms with Gasteiger partial charge in [0, 0.05) is 25.2 Å². The first kappa shape index (κ1) is 20.8. The minimum atomic E-state index is 0.138. The molecule has 1 aromatic carbocycles. The van der Waals surface area contributed by atoms with Crippen molar-refractivity contribution in [1.29, 1.82) is 0 Å². The number of hydrogen-bond donors (Lipinski definition) is 0. The van der Waals surface area contributed by atoms with Crippen LogP contribution in [0.2, 0.25) is 0 Å². The van der Waals surface area contributed by atoms with E-state index in [9.17, 15) is 4.79 Å². The van der Waals surface area contributed by atoms with Gasteiger partial charge in [0.15, 0.2) is 0 Å². The maximum Gasteiger partial charge on any atom is 0.268 e. The molecule has 0 N–H and O–H groups in total. The highest BCUT2D eigenvalue weighted by atomic mass is 16.2. The van der Waals surface area contributed by atoms with Crippen molar-refractivity contribution in [3.05, 3.63) is 41.6 Å². The van der Waals surface area contributed by atoms with Crippen LogP contribution in [0.4, 0.5) is 0 Å². The van der Waals surface area contributed by atoms with Crippen molar-refractivity contribution in [2.45, 2.75) is 78.1 Å². The van der Waals surface area contributed by atoms with Gasteiger partial charge in [0.05, 0.1) is 0 Å². The number of allylic oxidation sites excluding steroid dienone is 1. The normalized spacial score (nSPS) is 23.5. The SMILES string of the molecule is CCCCN1CCCC(C)C(=N/C=C(\C)c2ccc(C3CCCC3)cc2)C1=O. The van der Waals surface area contributed by atoms with E-state index < -0.39 is 0 Å². The lowest BCUT2D eigenvalue weighted by atomic mass is 9.95. The first-order chi connectivity index (χ1) is 13.6. The summed E-state index contributed by atoms with van der Waals surface area (Å²) in [6, 6.07) is 8.99. The van der Waals surface area contributed by atoms with E-state index >= 15 is 0 Å². The summed E-state index contributed by atoms with van der Waals surface area (Å²) in [5, 5.41) is 0. The number of aliphatic imine (C=N–C) groups is 1. The molecular weight excluding hydrogens is 344 g/mol. The van der Waals surface area contributed by atoms with Gasteiger partial charge in [-0.2, -0.15) is 0 Å². The highest BCUT2D eigenvalue weighted by Crippen LogP contribution is 2.34. The fourth-order valence-corrected chi connectivity index (χ4v) is 4.46. The quantitative estimate of drug-likeness (QED) is 0.578. The fraction of sp³-hybridized carbons (Fsp3) is 0.600. The van der Waals surface area contributed by atoms with Gasteiger partial charge in [-0.1, -0.05) is 57.4 Å². The summed E-state index contributed by atoms with van der Waals surface area (Å²) in [5.74, 6) is 1.11. The predicted molar refractivity (Wildman–Crippen MR) is 119 cm³/mol. The summed E-state index contributed by atoms with van der Waals surface area (Å²) in [4.78, 5) is 19.7. The molecule has 1 aliphatic heterocycles. The van der Waals surface area contributed by atoms with Crippen LogP contribution in [0.5, 0.6) is 0 Å². The molecule has 0 radical (unpaired) electrons. The van der Waals surface area contributed by atoms with E-state index in [4.69, 9.17) is 4.99 Å². The Balaban J connectivity index is 1.74. The van der Waals surface area contributed by atoms with Crippen LogP contribution in [0.1, 0.15) is 89.2 Å². The Morgan fingerprint density at radius 3 is 2.54 bits per heavy atom. The summed E-state index contributed by atoms with van der Waals surface area (Å²) < 4.78 is 0. The molecule has 2 aliphatic rings. The average Bonchev–Trinajstić information content (AvgIpc) is 3.21. The van der Waals surface area contributed by atoms with Crippen LogP contribution in [-0.4, -0.2) is 29.6 Å². The second-order valence-electron chi connectivity index (χ2n) is 8.62. The number of amides is 1. The number of nitrogens with zero attached hydrogens (tertiary/aromatic N) is 2. The molecule has 0 aromatic heterocycles. The van der Waals surface area contributed by atoms with Crippen molar-refractivity contribution in [2.75, 3.05) is 13.1 Å². The number of unbranched alkanes of at least 4 members (excludes halogenated alkanes) is 1. The van der Waals surface area contributed by atoms with E-state index in [1.54, 1.807) is 0 Å². The Morgan fingerprint density at radius 1 is 1.14 bits per heavy atom. The minimum Gasteiger partial charge on any atom is -0.338 e. The standard InChI is InChI=1S/C25H36N2O/c1-4-5-16-27-17-8-9-19(2)24(25(27)28)26-18-20(3)21-12-14-23(15-13-21)22-10-6-7-11-22/h12-15,18-19,22H,4-11,16-17H2,1-3H3/b20-18+,26-24?. The molecule has 1 heterocycles. The van der Waals surface area contributed by atoms with Crippen LogP contribution in [-0.2, 0) is 4.79 Å². The predicted octanol–water partition coefficient (Wildman–Crippen LogP) is 6.20. The Bertz CT molecular complexity index is 709. The zero-order valence-electron chi connectivity index (χ0n) is 17.9. The number of likely N-dealkylation sites (tertiary alicyclic amines) is 1. The fourth-order valence-electron chi connectivity index (χ4n) is 4.46. The largest absolute Gasteiger partial charge is 0.338 e. The second kappa shape index (κ2) is 10.0. The molecule has 3 heteroatoms. The van der Waals surface area contributed by atoms with Crippen molar-refractivity contribution in [3.63, 3.8) is 0 Å². The van der Waals surface area contributed by atoms with Crippen molar-refractivity contribution in [2.24, 2.45) is 10.9 Å². The molecule has 0 bridgehead atoms. The van der Waals surface area contributed by atoms with Crippen LogP contribution in [0.15, 0.2) is 35.5 Å². The van der Waals surface area contributed by atoms with Gasteiger partial charge in [0.1, 0.15) is 5.71 Å². The van der Waals surface area contributed by atoms with Gasteiger partial charge < -0.3 is 4.90 Å². The first-order valence-electron chi connectivity index (χ1n) is 11.2. The van der Waals surface area contributed by atoms with E-state index in [-0.39, 0.29) is 11.8 Å². The maximum absolute atomic E-state index is 13.0. The van der Waals surface area contributed by atoms with Crippen molar-refractivity contribution < 1.29 is 4.79 Å². The van der Waals surface area contributed by atoms with E-state index in [1.165, 1.54) is 36.8 Å². The molecule has 2 fully saturated rings. The third-order valence-electron chi connectivity index (χ3n) is 6.41. The average molecular weight is 381 g/mol. The van der Waals surface area contributed by atoms with E-state index in [1.807, 2.05) is 11.1 Å². The smallest absolute Gasteiger partial charge is 0.268 e. The number of carbonyl (C=O) groups excluding carboxylic acids is 1. The minimum absolute atomic E-state index is 0.138. The highest BCUT2D eigenvalue weighted by molar-refractivity contribution is 6.39. The van der Waals surface area contributed by atoms with Crippen LogP contribution in [0.3, 0.4) is 0 Å². The number of benzene rings is 1. The third-order valence-corrected chi connectivity index (χ3v) is 6.41. The summed E-state index contributed by atoms with van der Waals surface area (Å²) in [7, 11) is 0. The van der Waals surface area contributed by atoms with Gasteiger partial charge in [0.25, 0.3) is 5.91 Å². The Labute approximate surface area is 170 Å². The molecule has 1 amide bonds. The van der Waals surface area contributed by atoms with E-state index in [0.29, 0.717) is 0 Å². The lowest BCUT2D eigenvalue weighted by Crippen LogP contribution is -2.37. The molecule has 0 spiro atoms. The third kappa shape index (κ3) is 5.12. The number of hydrogen-bond acceptors (Lipinski definition) is 2. The zero-order valence-corrected chi connectivity index (χ0v) is 17.9. The Hall–Kier alpha value is -1.90. The molecule has 1 unspecified atom stereocenters. The molecule has 3 nitrogen and oxygen atoms in total. The van der Waals surface area contributed by atoms with Crippen molar-refractivity contribution >= 4 is 17.2 Å². The molecule has 1 saturated heterocycles. The Kier molecular flexibility index (Phi) is 7.47. The molecule has 1 atom stereocenters. The zero-order chi connectivity index (χ0) is 19.9. The molecule has 1 aliphatic carbocycles. The summed E-state index contributed by atoms with van der Waals surface area (Å²) in [6.07, 6.45) is 11.6. The van der Waals surface area contributed by atoms with E-state index in [0.717, 1.165) is 56.0 Å². The van der Waals surface area contributed by atoms with Crippen LogP contribution < -0.4 is 0 Å². The lowest BCUT2D eigenvalue weighted by Gasteiger charge is -2.20. The molecule has 152 valence electrons. The second-order valence-corrected chi connectivity index (χ2v) is 8.62. The molecular formula is C25H36N2O. The van der Waals surface area contributed by atoms with Gasteiger partial charge in [0.2, 0.25) is 0 Å². The first-order valence-corrected chi connectivity index (χ1v) is 11.2. The molecule has 28 heavy (non-hydrogen) atoms. The summed E-state index contributed by atoms with van der Waals surface area (Å²) in [6.45, 7) is 8.12. The topological polar surface area (TPSA) is 32.7 Å². The van der Waals surface area contributed by atoms with Crippen LogP contribution in [0, 0.1) is 5.92 Å². The Morgan fingerprint density at radius 2 is 1.86 bits per heavy atom. The molecule has 1 aromatic rings.